The van der Waals surface area contributed by atoms with Crippen LogP contribution in [-0.2, 0) is 16.4 Å². The van der Waals surface area contributed by atoms with E-state index < -0.39 is 10.0 Å². The SMILES string of the molecule is COc1cccc(OCCNS(=O)(=O)CCCc2ccccc2)c1. The third kappa shape index (κ3) is 6.60. The van der Waals surface area contributed by atoms with Crippen molar-refractivity contribution in [3.8, 4) is 11.5 Å². The Morgan fingerprint density at radius 1 is 1.00 bits per heavy atom. The van der Waals surface area contributed by atoms with Crippen molar-refractivity contribution in [2.24, 2.45) is 0 Å². The van der Waals surface area contributed by atoms with Gasteiger partial charge in [0.1, 0.15) is 18.1 Å². The highest BCUT2D eigenvalue weighted by Gasteiger charge is 2.09. The number of hydrogen-bond donors (Lipinski definition) is 1. The van der Waals surface area contributed by atoms with E-state index in [1.165, 1.54) is 0 Å². The number of ether oxygens (including phenoxy) is 2. The van der Waals surface area contributed by atoms with E-state index >= 15 is 0 Å². The standard InChI is InChI=1S/C18H23NO4S/c1-22-17-10-5-11-18(15-17)23-13-12-19-24(20,21)14-6-9-16-7-3-2-4-8-16/h2-5,7-8,10-11,15,19H,6,9,12-14H2,1H3. The first kappa shape index (κ1) is 18.3. The smallest absolute Gasteiger partial charge is 0.211 e. The van der Waals surface area contributed by atoms with Crippen LogP contribution in [0.5, 0.6) is 11.5 Å². The molecule has 0 unspecified atom stereocenters. The molecule has 6 heteroatoms. The van der Waals surface area contributed by atoms with Gasteiger partial charge in [0.25, 0.3) is 0 Å². The Morgan fingerprint density at radius 2 is 1.75 bits per heavy atom. The van der Waals surface area contributed by atoms with Crippen LogP contribution in [0, 0.1) is 0 Å². The van der Waals surface area contributed by atoms with Gasteiger partial charge in [-0.1, -0.05) is 36.4 Å². The molecule has 0 spiro atoms. The minimum absolute atomic E-state index is 0.112. The van der Waals surface area contributed by atoms with Crippen molar-refractivity contribution in [2.75, 3.05) is 26.0 Å². The number of methoxy groups -OCH3 is 1. The Morgan fingerprint density at radius 3 is 2.50 bits per heavy atom. The molecule has 0 saturated carbocycles. The fourth-order valence-electron chi connectivity index (χ4n) is 2.24. The first-order valence-electron chi connectivity index (χ1n) is 7.87. The van der Waals surface area contributed by atoms with E-state index in [2.05, 4.69) is 4.72 Å². The molecule has 0 saturated heterocycles. The summed E-state index contributed by atoms with van der Waals surface area (Å²) < 4.78 is 37.1. The lowest BCUT2D eigenvalue weighted by atomic mass is 10.1. The molecule has 130 valence electrons. The van der Waals surface area contributed by atoms with E-state index in [9.17, 15) is 8.42 Å². The molecule has 0 bridgehead atoms. The number of rotatable bonds is 10. The maximum Gasteiger partial charge on any atom is 0.211 e. The second-order valence-corrected chi connectivity index (χ2v) is 7.26. The number of nitrogens with one attached hydrogen (secondary N) is 1. The van der Waals surface area contributed by atoms with E-state index in [0.29, 0.717) is 17.9 Å². The average molecular weight is 349 g/mol. The fraction of sp³-hybridized carbons (Fsp3) is 0.333. The minimum Gasteiger partial charge on any atom is -0.497 e. The first-order valence-corrected chi connectivity index (χ1v) is 9.52. The summed E-state index contributed by atoms with van der Waals surface area (Å²) >= 11 is 0. The molecule has 0 heterocycles. The van der Waals surface area contributed by atoms with Gasteiger partial charge in [-0.05, 0) is 30.5 Å². The maximum absolute atomic E-state index is 11.9. The van der Waals surface area contributed by atoms with Crippen molar-refractivity contribution in [1.82, 2.24) is 4.72 Å². The second-order valence-electron chi connectivity index (χ2n) is 5.33. The summed E-state index contributed by atoms with van der Waals surface area (Å²) in [7, 11) is -1.69. The molecule has 0 amide bonds. The summed E-state index contributed by atoms with van der Waals surface area (Å²) in [6.45, 7) is 0.510. The maximum atomic E-state index is 11.9. The van der Waals surface area contributed by atoms with Crippen molar-refractivity contribution in [2.45, 2.75) is 12.8 Å². The summed E-state index contributed by atoms with van der Waals surface area (Å²) in [4.78, 5) is 0. The molecular weight excluding hydrogens is 326 g/mol. The highest BCUT2D eigenvalue weighted by atomic mass is 32.2. The lowest BCUT2D eigenvalue weighted by Crippen LogP contribution is -2.30. The van der Waals surface area contributed by atoms with Gasteiger partial charge in [0.2, 0.25) is 10.0 Å². The zero-order valence-electron chi connectivity index (χ0n) is 13.8. The predicted molar refractivity (Wildman–Crippen MR) is 95.0 cm³/mol. The Kier molecular flexibility index (Phi) is 7.08. The Balaban J connectivity index is 1.66. The van der Waals surface area contributed by atoms with Gasteiger partial charge in [-0.15, -0.1) is 0 Å². The van der Waals surface area contributed by atoms with Crippen molar-refractivity contribution < 1.29 is 17.9 Å². The van der Waals surface area contributed by atoms with Gasteiger partial charge in [-0.2, -0.15) is 0 Å². The molecule has 0 atom stereocenters. The number of aryl methyl sites for hydroxylation is 1. The topological polar surface area (TPSA) is 64.6 Å². The van der Waals surface area contributed by atoms with E-state index in [1.54, 1.807) is 19.2 Å². The molecule has 0 aliphatic carbocycles. The van der Waals surface area contributed by atoms with Gasteiger partial charge in [-0.3, -0.25) is 0 Å². The van der Waals surface area contributed by atoms with Gasteiger partial charge in [0.05, 0.1) is 12.9 Å². The van der Waals surface area contributed by atoms with E-state index in [-0.39, 0.29) is 18.9 Å². The van der Waals surface area contributed by atoms with Gasteiger partial charge in [0, 0.05) is 12.6 Å². The van der Waals surface area contributed by atoms with Crippen LogP contribution in [0.25, 0.3) is 0 Å². The lowest BCUT2D eigenvalue weighted by molar-refractivity contribution is 0.320. The molecule has 1 N–H and O–H groups in total. The van der Waals surface area contributed by atoms with E-state index in [4.69, 9.17) is 9.47 Å². The van der Waals surface area contributed by atoms with Crippen molar-refractivity contribution >= 4 is 10.0 Å². The molecule has 0 aliphatic rings. The molecule has 2 rings (SSSR count). The lowest BCUT2D eigenvalue weighted by Gasteiger charge is -2.09. The molecular formula is C18H23NO4S. The summed E-state index contributed by atoms with van der Waals surface area (Å²) in [5, 5.41) is 0. The van der Waals surface area contributed by atoms with Gasteiger partial charge in [0.15, 0.2) is 0 Å². The van der Waals surface area contributed by atoms with Gasteiger partial charge < -0.3 is 9.47 Å². The Hall–Kier alpha value is -2.05. The number of hydrogen-bond acceptors (Lipinski definition) is 4. The Labute approximate surface area is 143 Å². The van der Waals surface area contributed by atoms with Crippen molar-refractivity contribution in [1.29, 1.82) is 0 Å². The van der Waals surface area contributed by atoms with Crippen molar-refractivity contribution in [3.63, 3.8) is 0 Å². The largest absolute Gasteiger partial charge is 0.497 e. The average Bonchev–Trinajstić information content (AvgIpc) is 2.60. The molecule has 0 fully saturated rings. The van der Waals surface area contributed by atoms with Crippen LogP contribution < -0.4 is 14.2 Å². The predicted octanol–water partition coefficient (Wildman–Crippen LogP) is 2.63. The molecule has 2 aromatic rings. The Bertz CT molecular complexity index is 717. The molecule has 0 aromatic heterocycles. The van der Waals surface area contributed by atoms with E-state index in [0.717, 1.165) is 12.0 Å². The number of benzene rings is 2. The summed E-state index contributed by atoms with van der Waals surface area (Å²) in [6, 6.07) is 17.1. The van der Waals surface area contributed by atoms with Gasteiger partial charge >= 0.3 is 0 Å². The summed E-state index contributed by atoms with van der Waals surface area (Å²) in [5.74, 6) is 1.47. The van der Waals surface area contributed by atoms with Crippen molar-refractivity contribution in [3.05, 3.63) is 60.2 Å². The van der Waals surface area contributed by atoms with Crippen LogP contribution in [0.4, 0.5) is 0 Å². The highest BCUT2D eigenvalue weighted by molar-refractivity contribution is 7.89. The molecule has 0 radical (unpaired) electrons. The monoisotopic (exact) mass is 349 g/mol. The third-order valence-corrected chi connectivity index (χ3v) is 4.93. The minimum atomic E-state index is -3.27. The van der Waals surface area contributed by atoms with Crippen LogP contribution in [0.3, 0.4) is 0 Å². The quantitative estimate of drug-likeness (QED) is 0.670. The number of sulfonamides is 1. The van der Waals surface area contributed by atoms with Crippen LogP contribution in [0.15, 0.2) is 54.6 Å². The molecule has 24 heavy (non-hydrogen) atoms. The first-order chi connectivity index (χ1) is 11.6. The molecule has 2 aromatic carbocycles. The fourth-order valence-corrected chi connectivity index (χ4v) is 3.30. The molecule has 0 aliphatic heterocycles. The zero-order valence-corrected chi connectivity index (χ0v) is 14.6. The zero-order chi connectivity index (χ0) is 17.3. The highest BCUT2D eigenvalue weighted by Crippen LogP contribution is 2.18. The van der Waals surface area contributed by atoms with Crippen LogP contribution in [0.2, 0.25) is 0 Å². The van der Waals surface area contributed by atoms with Crippen LogP contribution in [-0.4, -0.2) is 34.4 Å². The second kappa shape index (κ2) is 9.30. The van der Waals surface area contributed by atoms with E-state index in [1.807, 2.05) is 42.5 Å². The molecule has 5 nitrogen and oxygen atoms in total. The van der Waals surface area contributed by atoms with Crippen LogP contribution >= 0.6 is 0 Å². The summed E-state index contributed by atoms with van der Waals surface area (Å²) in [6.07, 6.45) is 1.35. The summed E-state index contributed by atoms with van der Waals surface area (Å²) in [5.41, 5.74) is 1.15. The van der Waals surface area contributed by atoms with Gasteiger partial charge in [-0.25, -0.2) is 13.1 Å². The van der Waals surface area contributed by atoms with Crippen LogP contribution in [0.1, 0.15) is 12.0 Å². The third-order valence-electron chi connectivity index (χ3n) is 3.46. The normalized spacial score (nSPS) is 11.2.